The van der Waals surface area contributed by atoms with Crippen LogP contribution in [0.1, 0.15) is 16.7 Å². The van der Waals surface area contributed by atoms with E-state index in [0.717, 1.165) is 5.56 Å². The van der Waals surface area contributed by atoms with E-state index in [1.807, 2.05) is 6.92 Å². The first-order valence-corrected chi connectivity index (χ1v) is 13.0. The first-order chi connectivity index (χ1) is 16.6. The Morgan fingerprint density at radius 1 is 1.03 bits per heavy atom. The van der Waals surface area contributed by atoms with Crippen LogP contribution in [0.2, 0.25) is 10.0 Å². The molecule has 0 saturated carbocycles. The molecule has 0 aliphatic carbocycles. The minimum absolute atomic E-state index is 0.124. The number of benzene rings is 3. The number of carbonyl (C=O) groups excluding carboxylic acids is 1. The minimum Gasteiger partial charge on any atom is -0.394 e. The third-order valence-corrected chi connectivity index (χ3v) is 7.71. The zero-order chi connectivity index (χ0) is 25.6. The van der Waals surface area contributed by atoms with Crippen LogP contribution in [0.25, 0.3) is 6.08 Å². The highest BCUT2D eigenvalue weighted by molar-refractivity contribution is 7.92. The van der Waals surface area contributed by atoms with Gasteiger partial charge in [-0.05, 0) is 54.5 Å². The number of aliphatic hydroxyl groups excluding tert-OH is 1. The average molecular weight is 533 g/mol. The highest BCUT2D eigenvalue weighted by Gasteiger charge is 2.26. The van der Waals surface area contributed by atoms with Gasteiger partial charge in [0.05, 0.1) is 23.7 Å². The Morgan fingerprint density at radius 2 is 1.71 bits per heavy atom. The Balaban J connectivity index is 1.87. The number of aryl methyl sites for hydroxylation is 1. The molecular weight excluding hydrogens is 507 g/mol. The molecule has 0 aliphatic heterocycles. The van der Waals surface area contributed by atoms with Crippen LogP contribution >= 0.6 is 23.2 Å². The number of carbonyl (C=O) groups is 1. The summed E-state index contributed by atoms with van der Waals surface area (Å²) < 4.78 is 28.0. The van der Waals surface area contributed by atoms with Gasteiger partial charge in [-0.15, -0.1) is 0 Å². The van der Waals surface area contributed by atoms with E-state index in [1.54, 1.807) is 79.9 Å². The molecule has 1 amide bonds. The lowest BCUT2D eigenvalue weighted by Gasteiger charge is -2.27. The monoisotopic (exact) mass is 532 g/mol. The van der Waals surface area contributed by atoms with Crippen molar-refractivity contribution in [2.45, 2.75) is 18.4 Å². The van der Waals surface area contributed by atoms with Gasteiger partial charge in [-0.25, -0.2) is 8.42 Å². The third-order valence-electron chi connectivity index (χ3n) is 5.32. The molecule has 3 aromatic carbocycles. The number of halogens is 2. The van der Waals surface area contributed by atoms with Crippen molar-refractivity contribution in [3.05, 3.63) is 99.5 Å². The Bertz CT molecular complexity index is 1330. The van der Waals surface area contributed by atoms with Gasteiger partial charge in [0, 0.05) is 29.7 Å². The Morgan fingerprint density at radius 3 is 2.37 bits per heavy atom. The summed E-state index contributed by atoms with van der Waals surface area (Å²) in [6.45, 7) is 1.54. The molecule has 0 unspecified atom stereocenters. The number of amides is 1. The zero-order valence-electron chi connectivity index (χ0n) is 19.4. The molecule has 0 atom stereocenters. The molecule has 3 aromatic rings. The average Bonchev–Trinajstić information content (AvgIpc) is 2.82. The molecule has 0 aromatic heterocycles. The van der Waals surface area contributed by atoms with Gasteiger partial charge in [0.2, 0.25) is 5.91 Å². The van der Waals surface area contributed by atoms with Gasteiger partial charge in [0.1, 0.15) is 0 Å². The van der Waals surface area contributed by atoms with E-state index in [2.05, 4.69) is 0 Å². The number of likely N-dealkylation sites (N-methyl/N-ethyl adjacent to an activating group) is 1. The van der Waals surface area contributed by atoms with Crippen molar-refractivity contribution in [1.29, 1.82) is 0 Å². The molecule has 0 saturated heterocycles. The molecule has 35 heavy (non-hydrogen) atoms. The van der Waals surface area contributed by atoms with Crippen LogP contribution in [-0.4, -0.2) is 44.5 Å². The van der Waals surface area contributed by atoms with Crippen LogP contribution in [-0.2, 0) is 21.4 Å². The van der Waals surface area contributed by atoms with Gasteiger partial charge in [-0.3, -0.25) is 9.10 Å². The first kappa shape index (κ1) is 26.8. The van der Waals surface area contributed by atoms with E-state index in [0.29, 0.717) is 26.9 Å². The van der Waals surface area contributed by atoms with Gasteiger partial charge in [-0.2, -0.15) is 0 Å². The molecule has 0 spiro atoms. The number of nitrogens with zero attached hydrogens (tertiary/aromatic N) is 2. The quantitative estimate of drug-likeness (QED) is 0.386. The van der Waals surface area contributed by atoms with E-state index >= 15 is 0 Å². The van der Waals surface area contributed by atoms with Crippen LogP contribution in [0.3, 0.4) is 0 Å². The standard InChI is InChI=1S/C26H26Cl2N2O4S/c1-19-7-12-23(13-8-19)35(33,34)30(15-16-31)25-6-4-3-5-21(25)18-29(2)26(32)14-10-20-9-11-22(27)17-24(20)28/h3-14,17,31H,15-16,18H2,1-2H3/b14-10+. The summed E-state index contributed by atoms with van der Waals surface area (Å²) >= 11 is 12.1. The maximum atomic E-state index is 13.4. The van der Waals surface area contributed by atoms with Crippen molar-refractivity contribution < 1.29 is 18.3 Å². The summed E-state index contributed by atoms with van der Waals surface area (Å²) in [6, 6.07) is 18.4. The van der Waals surface area contributed by atoms with Crippen molar-refractivity contribution in [2.75, 3.05) is 24.5 Å². The van der Waals surface area contributed by atoms with Crippen molar-refractivity contribution in [2.24, 2.45) is 0 Å². The minimum atomic E-state index is -3.94. The molecule has 0 fully saturated rings. The highest BCUT2D eigenvalue weighted by Crippen LogP contribution is 2.28. The van der Waals surface area contributed by atoms with Gasteiger partial charge >= 0.3 is 0 Å². The number of sulfonamides is 1. The number of anilines is 1. The van der Waals surface area contributed by atoms with E-state index in [4.69, 9.17) is 23.2 Å². The fraction of sp³-hybridized carbons (Fsp3) is 0.192. The number of aliphatic hydroxyl groups is 1. The van der Waals surface area contributed by atoms with Crippen molar-refractivity contribution >= 4 is 50.9 Å². The van der Waals surface area contributed by atoms with E-state index in [1.165, 1.54) is 15.3 Å². The molecule has 0 heterocycles. The summed E-state index contributed by atoms with van der Waals surface area (Å²) in [5.74, 6) is -0.291. The molecule has 3 rings (SSSR count). The Kier molecular flexibility index (Phi) is 8.97. The molecule has 0 aliphatic rings. The fourth-order valence-electron chi connectivity index (χ4n) is 3.44. The molecule has 6 nitrogen and oxygen atoms in total. The molecule has 184 valence electrons. The summed E-state index contributed by atoms with van der Waals surface area (Å²) in [5, 5.41) is 10.6. The summed E-state index contributed by atoms with van der Waals surface area (Å²) in [7, 11) is -2.31. The second kappa shape index (κ2) is 11.7. The number of para-hydroxylation sites is 1. The molecule has 0 radical (unpaired) electrons. The largest absolute Gasteiger partial charge is 0.394 e. The zero-order valence-corrected chi connectivity index (χ0v) is 21.7. The number of hydrogen-bond acceptors (Lipinski definition) is 4. The predicted octanol–water partition coefficient (Wildman–Crippen LogP) is 5.16. The van der Waals surface area contributed by atoms with E-state index in [-0.39, 0.29) is 30.5 Å². The van der Waals surface area contributed by atoms with Crippen molar-refractivity contribution in [3.63, 3.8) is 0 Å². The first-order valence-electron chi connectivity index (χ1n) is 10.8. The lowest BCUT2D eigenvalue weighted by Crippen LogP contribution is -2.35. The lowest BCUT2D eigenvalue weighted by molar-refractivity contribution is -0.125. The predicted molar refractivity (Wildman–Crippen MR) is 141 cm³/mol. The van der Waals surface area contributed by atoms with Gasteiger partial charge in [0.25, 0.3) is 10.0 Å². The Labute approximate surface area is 216 Å². The van der Waals surface area contributed by atoms with Gasteiger partial charge < -0.3 is 10.0 Å². The van der Waals surface area contributed by atoms with Crippen molar-refractivity contribution in [1.82, 2.24) is 4.90 Å². The topological polar surface area (TPSA) is 77.9 Å². The van der Waals surface area contributed by atoms with Crippen LogP contribution < -0.4 is 4.31 Å². The smallest absolute Gasteiger partial charge is 0.264 e. The maximum absolute atomic E-state index is 13.4. The number of hydrogen-bond donors (Lipinski definition) is 1. The van der Waals surface area contributed by atoms with Crippen LogP contribution in [0, 0.1) is 6.92 Å². The molecule has 1 N–H and O–H groups in total. The van der Waals surface area contributed by atoms with Gasteiger partial charge in [-0.1, -0.05) is 65.2 Å². The molecule has 0 bridgehead atoms. The number of rotatable bonds is 9. The van der Waals surface area contributed by atoms with E-state index < -0.39 is 10.0 Å². The van der Waals surface area contributed by atoms with Crippen LogP contribution in [0.4, 0.5) is 5.69 Å². The Hall–Kier alpha value is -2.84. The maximum Gasteiger partial charge on any atom is 0.264 e. The molecular formula is C26H26Cl2N2O4S. The lowest BCUT2D eigenvalue weighted by atomic mass is 10.1. The second-order valence-electron chi connectivity index (χ2n) is 7.94. The van der Waals surface area contributed by atoms with Crippen molar-refractivity contribution in [3.8, 4) is 0 Å². The summed E-state index contributed by atoms with van der Waals surface area (Å²) in [6.07, 6.45) is 3.00. The SMILES string of the molecule is Cc1ccc(S(=O)(=O)N(CCO)c2ccccc2CN(C)C(=O)/C=C/c2ccc(Cl)cc2Cl)cc1. The highest BCUT2D eigenvalue weighted by atomic mass is 35.5. The second-order valence-corrected chi connectivity index (χ2v) is 10.6. The van der Waals surface area contributed by atoms with Crippen LogP contribution in [0.15, 0.2) is 77.7 Å². The fourth-order valence-corrected chi connectivity index (χ4v) is 5.41. The summed E-state index contributed by atoms with van der Waals surface area (Å²) in [5.41, 5.74) is 2.60. The normalized spacial score (nSPS) is 11.6. The summed E-state index contributed by atoms with van der Waals surface area (Å²) in [4.78, 5) is 14.3. The van der Waals surface area contributed by atoms with Crippen LogP contribution in [0.5, 0.6) is 0 Å². The van der Waals surface area contributed by atoms with E-state index in [9.17, 15) is 18.3 Å². The van der Waals surface area contributed by atoms with Gasteiger partial charge in [0.15, 0.2) is 0 Å². The third kappa shape index (κ3) is 6.64. The molecule has 9 heteroatoms.